The Morgan fingerprint density at radius 2 is 2.00 bits per heavy atom. The first-order chi connectivity index (χ1) is 12.2. The van der Waals surface area contributed by atoms with Crippen LogP contribution in [0.15, 0.2) is 34.9 Å². The summed E-state index contributed by atoms with van der Waals surface area (Å²) in [7, 11) is 0. The average Bonchev–Trinajstić information content (AvgIpc) is 2.53. The molecule has 2 rings (SSSR count). The second kappa shape index (κ2) is 8.03. The van der Waals surface area contributed by atoms with Crippen molar-refractivity contribution in [1.29, 1.82) is 0 Å². The summed E-state index contributed by atoms with van der Waals surface area (Å²) >= 11 is 0. The van der Waals surface area contributed by atoms with E-state index in [0.717, 1.165) is 16.9 Å². The molecule has 140 valence electrons. The number of amides is 2. The van der Waals surface area contributed by atoms with Crippen molar-refractivity contribution >= 4 is 24.3 Å². The third-order valence-corrected chi connectivity index (χ3v) is 3.53. The summed E-state index contributed by atoms with van der Waals surface area (Å²) in [6.07, 6.45) is 2.67. The molecule has 0 spiro atoms. The van der Waals surface area contributed by atoms with Gasteiger partial charge in [-0.05, 0) is 46.8 Å². The van der Waals surface area contributed by atoms with Gasteiger partial charge < -0.3 is 14.8 Å². The van der Waals surface area contributed by atoms with E-state index in [1.54, 1.807) is 33.9 Å². The van der Waals surface area contributed by atoms with E-state index in [2.05, 4.69) is 15.8 Å². The standard InChI is InChI=1S/C19H25N3O4/c1-12(21-18(24)26-19(3,4)5)17(23)22-20-11-15-10-14-8-6-7-9-16(14)25-13(15)2/h6-13H,1-5H3,(H,21,24)(H,22,23)/b20-11-/t12-,13-/m0/s1. The molecule has 26 heavy (non-hydrogen) atoms. The molecule has 0 fully saturated rings. The van der Waals surface area contributed by atoms with Gasteiger partial charge in [-0.2, -0.15) is 5.10 Å². The number of hydrogen-bond donors (Lipinski definition) is 2. The Bertz CT molecular complexity index is 735. The third-order valence-electron chi connectivity index (χ3n) is 3.53. The summed E-state index contributed by atoms with van der Waals surface area (Å²) < 4.78 is 10.9. The molecule has 0 radical (unpaired) electrons. The van der Waals surface area contributed by atoms with Gasteiger partial charge in [0.25, 0.3) is 5.91 Å². The molecule has 1 aromatic rings. The van der Waals surface area contributed by atoms with Crippen LogP contribution < -0.4 is 15.5 Å². The van der Waals surface area contributed by atoms with Gasteiger partial charge in [0.1, 0.15) is 23.5 Å². The summed E-state index contributed by atoms with van der Waals surface area (Å²) in [5, 5.41) is 6.42. The van der Waals surface area contributed by atoms with E-state index in [1.165, 1.54) is 0 Å². The first-order valence-electron chi connectivity index (χ1n) is 8.45. The number of fused-ring (bicyclic) bond motifs is 1. The molecule has 2 N–H and O–H groups in total. The SMILES string of the molecule is C[C@H](NC(=O)OC(C)(C)C)C(=O)N/N=C\C1=Cc2ccccc2O[C@H]1C. The first-order valence-corrected chi connectivity index (χ1v) is 8.45. The van der Waals surface area contributed by atoms with Crippen molar-refractivity contribution in [3.8, 4) is 5.75 Å². The number of ether oxygens (including phenoxy) is 2. The fourth-order valence-corrected chi connectivity index (χ4v) is 2.22. The van der Waals surface area contributed by atoms with Gasteiger partial charge in [-0.3, -0.25) is 4.79 Å². The highest BCUT2D eigenvalue weighted by atomic mass is 16.6. The van der Waals surface area contributed by atoms with Crippen LogP contribution in [0, 0.1) is 0 Å². The minimum absolute atomic E-state index is 0.178. The van der Waals surface area contributed by atoms with Gasteiger partial charge in [0, 0.05) is 11.1 Å². The van der Waals surface area contributed by atoms with Crippen LogP contribution in [-0.2, 0) is 9.53 Å². The molecule has 1 aliphatic rings. The van der Waals surface area contributed by atoms with Crippen LogP contribution in [0.25, 0.3) is 6.08 Å². The molecule has 0 aliphatic carbocycles. The number of nitrogens with zero attached hydrogens (tertiary/aromatic N) is 1. The Labute approximate surface area is 153 Å². The number of benzene rings is 1. The summed E-state index contributed by atoms with van der Waals surface area (Å²) in [5.41, 5.74) is 3.57. The van der Waals surface area contributed by atoms with Crippen LogP contribution in [0.2, 0.25) is 0 Å². The molecule has 2 amide bonds. The fraction of sp³-hybridized carbons (Fsp3) is 0.421. The van der Waals surface area contributed by atoms with Crippen LogP contribution >= 0.6 is 0 Å². The minimum Gasteiger partial charge on any atom is -0.485 e. The maximum atomic E-state index is 12.0. The number of alkyl carbamates (subject to hydrolysis) is 1. The zero-order chi connectivity index (χ0) is 19.3. The first kappa shape index (κ1) is 19.5. The number of hydrazone groups is 1. The zero-order valence-corrected chi connectivity index (χ0v) is 15.7. The number of carbonyl (C=O) groups is 2. The van der Waals surface area contributed by atoms with E-state index in [1.807, 2.05) is 37.3 Å². The number of nitrogens with one attached hydrogen (secondary N) is 2. The Morgan fingerprint density at radius 3 is 2.69 bits per heavy atom. The molecular weight excluding hydrogens is 334 g/mol. The van der Waals surface area contributed by atoms with Crippen molar-refractivity contribution in [3.63, 3.8) is 0 Å². The van der Waals surface area contributed by atoms with Crippen LogP contribution in [0.4, 0.5) is 4.79 Å². The lowest BCUT2D eigenvalue weighted by molar-refractivity contribution is -0.122. The van der Waals surface area contributed by atoms with Gasteiger partial charge in [-0.1, -0.05) is 18.2 Å². The second-order valence-electron chi connectivity index (χ2n) is 7.04. The molecule has 0 unspecified atom stereocenters. The van der Waals surface area contributed by atoms with E-state index >= 15 is 0 Å². The highest BCUT2D eigenvalue weighted by Crippen LogP contribution is 2.28. The molecular formula is C19H25N3O4. The summed E-state index contributed by atoms with van der Waals surface area (Å²) in [5.74, 6) is 0.369. The Kier molecular flexibility index (Phi) is 6.02. The molecule has 0 saturated heterocycles. The normalized spacial score (nSPS) is 17.6. The maximum absolute atomic E-state index is 12.0. The van der Waals surface area contributed by atoms with Crippen molar-refractivity contribution in [2.75, 3.05) is 0 Å². The molecule has 1 heterocycles. The smallest absolute Gasteiger partial charge is 0.408 e. The Morgan fingerprint density at radius 1 is 1.31 bits per heavy atom. The minimum atomic E-state index is -0.781. The van der Waals surface area contributed by atoms with Crippen molar-refractivity contribution in [2.24, 2.45) is 5.10 Å². The lowest BCUT2D eigenvalue weighted by Gasteiger charge is -2.22. The van der Waals surface area contributed by atoms with E-state index in [9.17, 15) is 9.59 Å². The number of rotatable bonds is 4. The molecule has 2 atom stereocenters. The summed E-state index contributed by atoms with van der Waals surface area (Å²) in [4.78, 5) is 23.7. The van der Waals surface area contributed by atoms with E-state index in [0.29, 0.717) is 0 Å². The highest BCUT2D eigenvalue weighted by molar-refractivity contribution is 5.90. The summed E-state index contributed by atoms with van der Waals surface area (Å²) in [6.45, 7) is 8.71. The van der Waals surface area contributed by atoms with Crippen LogP contribution in [0.3, 0.4) is 0 Å². The lowest BCUT2D eigenvalue weighted by atomic mass is 10.0. The van der Waals surface area contributed by atoms with Gasteiger partial charge in [0.15, 0.2) is 0 Å². The largest absolute Gasteiger partial charge is 0.485 e. The molecule has 1 aliphatic heterocycles. The van der Waals surface area contributed by atoms with Crippen molar-refractivity contribution in [1.82, 2.24) is 10.7 Å². The average molecular weight is 359 g/mol. The molecule has 7 heteroatoms. The third kappa shape index (κ3) is 5.61. The van der Waals surface area contributed by atoms with Gasteiger partial charge >= 0.3 is 6.09 Å². The molecule has 0 bridgehead atoms. The fourth-order valence-electron chi connectivity index (χ4n) is 2.22. The quantitative estimate of drug-likeness (QED) is 0.639. The Hall–Kier alpha value is -2.83. The van der Waals surface area contributed by atoms with Crippen LogP contribution in [0.1, 0.15) is 40.2 Å². The molecule has 0 saturated carbocycles. The number of para-hydroxylation sites is 1. The molecule has 0 aromatic heterocycles. The van der Waals surface area contributed by atoms with Crippen LogP contribution in [-0.4, -0.2) is 36.0 Å². The van der Waals surface area contributed by atoms with Gasteiger partial charge in [-0.15, -0.1) is 0 Å². The predicted molar refractivity (Wildman–Crippen MR) is 100.0 cm³/mol. The van der Waals surface area contributed by atoms with Gasteiger partial charge in [0.05, 0.1) is 6.21 Å². The van der Waals surface area contributed by atoms with Crippen molar-refractivity contribution < 1.29 is 19.1 Å². The Balaban J connectivity index is 1.90. The predicted octanol–water partition coefficient (Wildman–Crippen LogP) is 2.87. The lowest BCUT2D eigenvalue weighted by Crippen LogP contribution is -2.45. The zero-order valence-electron chi connectivity index (χ0n) is 15.7. The topological polar surface area (TPSA) is 89.0 Å². The highest BCUT2D eigenvalue weighted by Gasteiger charge is 2.21. The van der Waals surface area contributed by atoms with E-state index in [-0.39, 0.29) is 6.10 Å². The van der Waals surface area contributed by atoms with E-state index in [4.69, 9.17) is 9.47 Å². The monoisotopic (exact) mass is 359 g/mol. The second-order valence-corrected chi connectivity index (χ2v) is 7.04. The van der Waals surface area contributed by atoms with Gasteiger partial charge in [-0.25, -0.2) is 10.2 Å². The van der Waals surface area contributed by atoms with Crippen molar-refractivity contribution in [3.05, 3.63) is 35.4 Å². The number of carbonyl (C=O) groups excluding carboxylic acids is 2. The van der Waals surface area contributed by atoms with Crippen molar-refractivity contribution in [2.45, 2.75) is 52.4 Å². The van der Waals surface area contributed by atoms with E-state index < -0.39 is 23.6 Å². The van der Waals surface area contributed by atoms with Gasteiger partial charge in [0.2, 0.25) is 0 Å². The maximum Gasteiger partial charge on any atom is 0.408 e. The molecule has 7 nitrogen and oxygen atoms in total. The van der Waals surface area contributed by atoms with Crippen LogP contribution in [0.5, 0.6) is 5.75 Å². The summed E-state index contributed by atoms with van der Waals surface area (Å²) in [6, 6.07) is 6.91. The number of hydrogen-bond acceptors (Lipinski definition) is 5. The molecule has 1 aromatic carbocycles.